The summed E-state index contributed by atoms with van der Waals surface area (Å²) in [6.45, 7) is 2.34. The molecule has 1 aliphatic carbocycles. The van der Waals surface area contributed by atoms with Crippen molar-refractivity contribution in [3.63, 3.8) is 0 Å². The lowest BCUT2D eigenvalue weighted by molar-refractivity contribution is 0.0138. The quantitative estimate of drug-likeness (QED) is 0.479. The Balaban J connectivity index is 2.09. The highest BCUT2D eigenvalue weighted by Crippen LogP contribution is 2.38. The van der Waals surface area contributed by atoms with Gasteiger partial charge in [0, 0.05) is 5.41 Å². The van der Waals surface area contributed by atoms with Crippen molar-refractivity contribution in [2.75, 3.05) is 6.61 Å². The van der Waals surface area contributed by atoms with Crippen molar-refractivity contribution in [1.29, 1.82) is 0 Å². The standard InChI is InChI=1S/C15H28O2/c1-2-3-4-5-6-7-8-11-15(13-16)12-9-10-14(15)17/h9-10,14,16-17H,2-8,11-13H2,1H3/t14-,15+/m0/s1. The van der Waals surface area contributed by atoms with Gasteiger partial charge in [0.25, 0.3) is 0 Å². The Morgan fingerprint density at radius 1 is 1.12 bits per heavy atom. The maximum atomic E-state index is 9.87. The molecule has 0 unspecified atom stereocenters. The monoisotopic (exact) mass is 240 g/mol. The van der Waals surface area contributed by atoms with E-state index in [1.807, 2.05) is 12.2 Å². The molecule has 17 heavy (non-hydrogen) atoms. The number of hydrogen-bond acceptors (Lipinski definition) is 2. The van der Waals surface area contributed by atoms with Gasteiger partial charge >= 0.3 is 0 Å². The number of rotatable bonds is 9. The molecular formula is C15H28O2. The Bertz CT molecular complexity index is 225. The van der Waals surface area contributed by atoms with Gasteiger partial charge in [-0.3, -0.25) is 0 Å². The molecule has 0 aliphatic heterocycles. The third-order valence-corrected chi connectivity index (χ3v) is 4.06. The summed E-state index contributed by atoms with van der Waals surface area (Å²) < 4.78 is 0. The highest BCUT2D eigenvalue weighted by atomic mass is 16.3. The molecule has 1 rings (SSSR count). The minimum absolute atomic E-state index is 0.108. The van der Waals surface area contributed by atoms with Crippen LogP contribution in [-0.2, 0) is 0 Å². The number of aliphatic hydroxyl groups excluding tert-OH is 2. The summed E-state index contributed by atoms with van der Waals surface area (Å²) in [6.07, 6.45) is 14.2. The van der Waals surface area contributed by atoms with Gasteiger partial charge in [0.15, 0.2) is 0 Å². The van der Waals surface area contributed by atoms with Crippen LogP contribution in [0.3, 0.4) is 0 Å². The second-order valence-electron chi connectivity index (χ2n) is 5.47. The Morgan fingerprint density at radius 2 is 1.76 bits per heavy atom. The van der Waals surface area contributed by atoms with Crippen LogP contribution in [0.15, 0.2) is 12.2 Å². The fourth-order valence-corrected chi connectivity index (χ4v) is 2.68. The Labute approximate surface area is 106 Å². The van der Waals surface area contributed by atoms with E-state index in [2.05, 4.69) is 6.92 Å². The van der Waals surface area contributed by atoms with E-state index in [1.165, 1.54) is 38.5 Å². The molecule has 2 heteroatoms. The van der Waals surface area contributed by atoms with E-state index in [4.69, 9.17) is 0 Å². The van der Waals surface area contributed by atoms with E-state index in [9.17, 15) is 10.2 Å². The first-order valence-electron chi connectivity index (χ1n) is 7.21. The number of allylic oxidation sites excluding steroid dienone is 1. The predicted molar refractivity (Wildman–Crippen MR) is 71.9 cm³/mol. The van der Waals surface area contributed by atoms with Crippen LogP contribution in [0.2, 0.25) is 0 Å². The van der Waals surface area contributed by atoms with E-state index in [0.717, 1.165) is 19.3 Å². The van der Waals surface area contributed by atoms with Crippen molar-refractivity contribution in [3.05, 3.63) is 12.2 Å². The lowest BCUT2D eigenvalue weighted by Gasteiger charge is -2.30. The summed E-state index contributed by atoms with van der Waals surface area (Å²) in [5.41, 5.74) is -0.260. The van der Waals surface area contributed by atoms with E-state index >= 15 is 0 Å². The van der Waals surface area contributed by atoms with Crippen molar-refractivity contribution in [2.45, 2.75) is 70.8 Å². The normalized spacial score (nSPS) is 27.8. The molecule has 0 saturated heterocycles. The fraction of sp³-hybridized carbons (Fsp3) is 0.867. The smallest absolute Gasteiger partial charge is 0.0802 e. The van der Waals surface area contributed by atoms with Gasteiger partial charge < -0.3 is 10.2 Å². The van der Waals surface area contributed by atoms with Gasteiger partial charge in [-0.25, -0.2) is 0 Å². The van der Waals surface area contributed by atoms with Crippen molar-refractivity contribution >= 4 is 0 Å². The molecule has 2 nitrogen and oxygen atoms in total. The van der Waals surface area contributed by atoms with Gasteiger partial charge in [-0.2, -0.15) is 0 Å². The Morgan fingerprint density at radius 3 is 2.29 bits per heavy atom. The van der Waals surface area contributed by atoms with Gasteiger partial charge in [-0.15, -0.1) is 0 Å². The van der Waals surface area contributed by atoms with Crippen LogP contribution >= 0.6 is 0 Å². The minimum Gasteiger partial charge on any atom is -0.396 e. The van der Waals surface area contributed by atoms with Gasteiger partial charge in [0.05, 0.1) is 12.7 Å². The lowest BCUT2D eigenvalue weighted by Crippen LogP contribution is -2.34. The molecule has 1 aliphatic rings. The molecule has 2 atom stereocenters. The molecular weight excluding hydrogens is 212 g/mol. The van der Waals surface area contributed by atoms with Gasteiger partial charge in [-0.05, 0) is 12.8 Å². The predicted octanol–water partition coefficient (Wildman–Crippen LogP) is 3.43. The second-order valence-corrected chi connectivity index (χ2v) is 5.47. The summed E-state index contributed by atoms with van der Waals surface area (Å²) >= 11 is 0. The van der Waals surface area contributed by atoms with Crippen LogP contribution in [0.4, 0.5) is 0 Å². The van der Waals surface area contributed by atoms with Crippen LogP contribution in [0, 0.1) is 5.41 Å². The topological polar surface area (TPSA) is 40.5 Å². The molecule has 0 bridgehead atoms. The molecule has 2 N–H and O–H groups in total. The number of unbranched alkanes of at least 4 members (excludes halogenated alkanes) is 6. The minimum atomic E-state index is -0.437. The SMILES string of the molecule is CCCCCCCCC[C@]1(CO)CC=C[C@@H]1O. The van der Waals surface area contributed by atoms with Crippen molar-refractivity contribution in [3.8, 4) is 0 Å². The van der Waals surface area contributed by atoms with Crippen LogP contribution in [0.5, 0.6) is 0 Å². The molecule has 0 saturated carbocycles. The molecule has 0 fully saturated rings. The summed E-state index contributed by atoms with van der Waals surface area (Å²) in [6, 6.07) is 0. The fourth-order valence-electron chi connectivity index (χ4n) is 2.68. The molecule has 0 spiro atoms. The van der Waals surface area contributed by atoms with Gasteiger partial charge in [0.1, 0.15) is 0 Å². The van der Waals surface area contributed by atoms with E-state index in [-0.39, 0.29) is 12.0 Å². The zero-order chi connectivity index (χ0) is 12.6. The van der Waals surface area contributed by atoms with Crippen molar-refractivity contribution < 1.29 is 10.2 Å². The zero-order valence-corrected chi connectivity index (χ0v) is 11.2. The van der Waals surface area contributed by atoms with Crippen molar-refractivity contribution in [2.24, 2.45) is 5.41 Å². The molecule has 100 valence electrons. The lowest BCUT2D eigenvalue weighted by atomic mass is 9.79. The summed E-state index contributed by atoms with van der Waals surface area (Å²) in [7, 11) is 0. The van der Waals surface area contributed by atoms with Crippen LogP contribution in [-0.4, -0.2) is 22.9 Å². The molecule has 0 aromatic heterocycles. The Hall–Kier alpha value is -0.340. The largest absolute Gasteiger partial charge is 0.396 e. The molecule has 0 aromatic rings. The maximum absolute atomic E-state index is 9.87. The number of aliphatic hydroxyl groups is 2. The van der Waals surface area contributed by atoms with Crippen LogP contribution < -0.4 is 0 Å². The maximum Gasteiger partial charge on any atom is 0.0802 e. The van der Waals surface area contributed by atoms with E-state index in [1.54, 1.807) is 0 Å². The molecule has 0 amide bonds. The third kappa shape index (κ3) is 4.44. The highest BCUT2D eigenvalue weighted by Gasteiger charge is 2.37. The van der Waals surface area contributed by atoms with E-state index in [0.29, 0.717) is 0 Å². The Kier molecular flexibility index (Phi) is 6.83. The van der Waals surface area contributed by atoms with Gasteiger partial charge in [-0.1, -0.05) is 64.0 Å². The first-order chi connectivity index (χ1) is 8.25. The third-order valence-electron chi connectivity index (χ3n) is 4.06. The van der Waals surface area contributed by atoms with E-state index < -0.39 is 6.10 Å². The molecule has 0 aromatic carbocycles. The van der Waals surface area contributed by atoms with Crippen molar-refractivity contribution in [1.82, 2.24) is 0 Å². The summed E-state index contributed by atoms with van der Waals surface area (Å²) in [4.78, 5) is 0. The molecule has 0 heterocycles. The zero-order valence-electron chi connectivity index (χ0n) is 11.2. The first kappa shape index (κ1) is 14.7. The van der Waals surface area contributed by atoms with Crippen LogP contribution in [0.1, 0.15) is 64.7 Å². The average molecular weight is 240 g/mol. The second kappa shape index (κ2) is 7.88. The summed E-state index contributed by atoms with van der Waals surface area (Å²) in [5, 5.41) is 19.3. The van der Waals surface area contributed by atoms with Crippen LogP contribution in [0.25, 0.3) is 0 Å². The summed E-state index contributed by atoms with van der Waals surface area (Å²) in [5.74, 6) is 0. The number of hydrogen-bond donors (Lipinski definition) is 2. The first-order valence-corrected chi connectivity index (χ1v) is 7.21. The highest BCUT2D eigenvalue weighted by molar-refractivity contribution is 5.09. The molecule has 0 radical (unpaired) electrons. The van der Waals surface area contributed by atoms with Gasteiger partial charge in [0.2, 0.25) is 0 Å². The average Bonchev–Trinajstić information content (AvgIpc) is 2.70.